The Labute approximate surface area is 121 Å². The van der Waals surface area contributed by atoms with Gasteiger partial charge in [-0.25, -0.2) is 17.6 Å². The van der Waals surface area contributed by atoms with E-state index in [1.54, 1.807) is 6.92 Å². The van der Waals surface area contributed by atoms with Crippen LogP contribution in [0.5, 0.6) is 0 Å². The second-order valence-electron chi connectivity index (χ2n) is 4.28. The molecule has 0 spiro atoms. The smallest absolute Gasteiger partial charge is 0.335 e. The monoisotopic (exact) mass is 321 g/mol. The number of carbonyl (C=O) groups is 1. The molecule has 0 fully saturated rings. The maximum atomic E-state index is 13.8. The van der Waals surface area contributed by atoms with Gasteiger partial charge in [0.25, 0.3) is 0 Å². The number of rotatable bonds is 6. The molecule has 20 heavy (non-hydrogen) atoms. The van der Waals surface area contributed by atoms with E-state index in [0.29, 0.717) is 11.8 Å². The number of hydrogen-bond acceptors (Lipinski definition) is 4. The van der Waals surface area contributed by atoms with E-state index < -0.39 is 26.7 Å². The number of benzene rings is 1. The molecule has 1 atom stereocenters. The Balaban J connectivity index is 3.19. The molecule has 1 aromatic carbocycles. The molecule has 1 unspecified atom stereocenters. The predicted octanol–water partition coefficient (Wildman–Crippen LogP) is 1.90. The summed E-state index contributed by atoms with van der Waals surface area (Å²) < 4.78 is 39.5. The van der Waals surface area contributed by atoms with Crippen LogP contribution < -0.4 is 0 Å². The first-order valence-electron chi connectivity index (χ1n) is 5.71. The molecule has 0 saturated heterocycles. The molecule has 0 heterocycles. The molecule has 8 heteroatoms. The van der Waals surface area contributed by atoms with E-state index in [9.17, 15) is 17.6 Å². The van der Waals surface area contributed by atoms with E-state index in [4.69, 9.17) is 5.11 Å². The van der Waals surface area contributed by atoms with Gasteiger partial charge in [-0.3, -0.25) is 0 Å². The zero-order valence-electron chi connectivity index (χ0n) is 11.3. The van der Waals surface area contributed by atoms with Crippen LogP contribution in [0.4, 0.5) is 4.39 Å². The number of carboxylic acids is 1. The summed E-state index contributed by atoms with van der Waals surface area (Å²) in [6.07, 6.45) is 1.85. The summed E-state index contributed by atoms with van der Waals surface area (Å²) in [6.45, 7) is 1.72. The molecule has 5 nitrogen and oxygen atoms in total. The van der Waals surface area contributed by atoms with Gasteiger partial charge in [-0.05, 0) is 31.4 Å². The molecule has 0 radical (unpaired) electrons. The molecule has 1 rings (SSSR count). The van der Waals surface area contributed by atoms with Crippen molar-refractivity contribution >= 4 is 27.8 Å². The molecule has 112 valence electrons. The van der Waals surface area contributed by atoms with Crippen LogP contribution in [0.3, 0.4) is 0 Å². The first-order chi connectivity index (χ1) is 9.21. The number of hydrogen-bond donors (Lipinski definition) is 1. The van der Waals surface area contributed by atoms with Crippen LogP contribution in [0.25, 0.3) is 0 Å². The predicted molar refractivity (Wildman–Crippen MR) is 76.2 cm³/mol. The van der Waals surface area contributed by atoms with Gasteiger partial charge in [-0.2, -0.15) is 16.1 Å². The third-order valence-electron chi connectivity index (χ3n) is 2.86. The average molecular weight is 321 g/mol. The molecular weight excluding hydrogens is 305 g/mol. The molecule has 1 aromatic rings. The Bertz CT molecular complexity index is 603. The van der Waals surface area contributed by atoms with Crippen LogP contribution >= 0.6 is 11.8 Å². The van der Waals surface area contributed by atoms with E-state index in [1.165, 1.54) is 18.8 Å². The number of sulfonamides is 1. The van der Waals surface area contributed by atoms with Crippen LogP contribution in [0.2, 0.25) is 0 Å². The van der Waals surface area contributed by atoms with Crippen LogP contribution in [0, 0.1) is 5.82 Å². The standard InChI is InChI=1S/C12H16FNO4S2/c1-8(7-19-3)14(2)20(17,18)11-5-4-9(12(15)16)6-10(11)13/h4-6,8H,7H2,1-3H3,(H,15,16). The van der Waals surface area contributed by atoms with Gasteiger partial charge in [0.1, 0.15) is 10.7 Å². The summed E-state index contributed by atoms with van der Waals surface area (Å²) in [5.41, 5.74) is -0.290. The van der Waals surface area contributed by atoms with Crippen LogP contribution in [0.15, 0.2) is 23.1 Å². The number of carboxylic acid groups (broad SMARTS) is 1. The Morgan fingerprint density at radius 3 is 2.55 bits per heavy atom. The fourth-order valence-electron chi connectivity index (χ4n) is 1.58. The largest absolute Gasteiger partial charge is 0.478 e. The minimum absolute atomic E-state index is 0.290. The molecule has 0 aromatic heterocycles. The lowest BCUT2D eigenvalue weighted by molar-refractivity contribution is 0.0696. The minimum atomic E-state index is -3.98. The molecule has 0 aliphatic carbocycles. The van der Waals surface area contributed by atoms with Crippen LogP contribution in [-0.2, 0) is 10.0 Å². The van der Waals surface area contributed by atoms with Crippen molar-refractivity contribution in [1.82, 2.24) is 4.31 Å². The number of nitrogens with zero attached hydrogens (tertiary/aromatic N) is 1. The normalized spacial score (nSPS) is 13.4. The summed E-state index contributed by atoms with van der Waals surface area (Å²) >= 11 is 1.48. The molecule has 1 N–H and O–H groups in total. The quantitative estimate of drug-likeness (QED) is 0.866. The zero-order chi connectivity index (χ0) is 15.5. The molecular formula is C12H16FNO4S2. The fraction of sp³-hybridized carbons (Fsp3) is 0.417. The highest BCUT2D eigenvalue weighted by atomic mass is 32.2. The van der Waals surface area contributed by atoms with Crippen molar-refractivity contribution in [1.29, 1.82) is 0 Å². The van der Waals surface area contributed by atoms with Gasteiger partial charge in [-0.1, -0.05) is 0 Å². The molecule has 0 amide bonds. The van der Waals surface area contributed by atoms with Crippen molar-refractivity contribution in [2.24, 2.45) is 0 Å². The van der Waals surface area contributed by atoms with E-state index in [1.807, 2.05) is 6.26 Å². The number of halogens is 1. The summed E-state index contributed by atoms with van der Waals surface area (Å²) in [6, 6.07) is 2.47. The lowest BCUT2D eigenvalue weighted by atomic mass is 10.2. The van der Waals surface area contributed by atoms with E-state index >= 15 is 0 Å². The number of aromatic carboxylic acids is 1. The average Bonchev–Trinajstić information content (AvgIpc) is 2.37. The van der Waals surface area contributed by atoms with Crippen LogP contribution in [-0.4, -0.2) is 48.9 Å². The fourth-order valence-corrected chi connectivity index (χ4v) is 3.79. The van der Waals surface area contributed by atoms with Crippen molar-refractivity contribution in [3.63, 3.8) is 0 Å². The SMILES string of the molecule is CSCC(C)N(C)S(=O)(=O)c1ccc(C(=O)O)cc1F. The van der Waals surface area contributed by atoms with Gasteiger partial charge in [-0.15, -0.1) is 0 Å². The van der Waals surface area contributed by atoms with Gasteiger partial charge in [0.15, 0.2) is 0 Å². The first kappa shape index (κ1) is 16.9. The molecule has 0 bridgehead atoms. The van der Waals surface area contributed by atoms with Gasteiger partial charge >= 0.3 is 5.97 Å². The van der Waals surface area contributed by atoms with Gasteiger partial charge in [0, 0.05) is 18.8 Å². The third-order valence-corrected chi connectivity index (χ3v) is 5.69. The molecule has 0 aliphatic rings. The maximum Gasteiger partial charge on any atom is 0.335 e. The highest BCUT2D eigenvalue weighted by Gasteiger charge is 2.28. The Hall–Kier alpha value is -1.12. The van der Waals surface area contributed by atoms with Crippen LogP contribution in [0.1, 0.15) is 17.3 Å². The Morgan fingerprint density at radius 1 is 1.50 bits per heavy atom. The molecule has 0 aliphatic heterocycles. The Kier molecular flexibility index (Phi) is 5.55. The van der Waals surface area contributed by atoms with Crippen molar-refractivity contribution < 1.29 is 22.7 Å². The summed E-state index contributed by atoms with van der Waals surface area (Å²) in [5, 5.41) is 8.74. The van der Waals surface area contributed by atoms with Gasteiger partial charge < -0.3 is 5.11 Å². The second-order valence-corrected chi connectivity index (χ2v) is 7.15. The highest BCUT2D eigenvalue weighted by Crippen LogP contribution is 2.22. The summed E-state index contributed by atoms with van der Waals surface area (Å²) in [7, 11) is -2.61. The topological polar surface area (TPSA) is 74.7 Å². The van der Waals surface area contributed by atoms with Crippen molar-refractivity contribution in [2.45, 2.75) is 17.9 Å². The summed E-state index contributed by atoms with van der Waals surface area (Å²) in [4.78, 5) is 10.2. The van der Waals surface area contributed by atoms with Crippen molar-refractivity contribution in [3.8, 4) is 0 Å². The lowest BCUT2D eigenvalue weighted by Crippen LogP contribution is -2.37. The number of thioether (sulfide) groups is 1. The van der Waals surface area contributed by atoms with E-state index in [-0.39, 0.29) is 11.6 Å². The minimum Gasteiger partial charge on any atom is -0.478 e. The first-order valence-corrected chi connectivity index (χ1v) is 8.55. The van der Waals surface area contributed by atoms with E-state index in [0.717, 1.165) is 16.4 Å². The van der Waals surface area contributed by atoms with Gasteiger partial charge in [0.05, 0.1) is 5.56 Å². The molecule has 0 saturated carbocycles. The highest BCUT2D eigenvalue weighted by molar-refractivity contribution is 7.98. The van der Waals surface area contributed by atoms with Crippen molar-refractivity contribution in [3.05, 3.63) is 29.6 Å². The van der Waals surface area contributed by atoms with E-state index in [2.05, 4.69) is 0 Å². The zero-order valence-corrected chi connectivity index (χ0v) is 13.0. The van der Waals surface area contributed by atoms with Crippen molar-refractivity contribution in [2.75, 3.05) is 19.1 Å². The Morgan fingerprint density at radius 2 is 2.10 bits per heavy atom. The third kappa shape index (κ3) is 3.50. The lowest BCUT2D eigenvalue weighted by Gasteiger charge is -2.23. The summed E-state index contributed by atoms with van der Waals surface area (Å²) in [5.74, 6) is -1.80. The van der Waals surface area contributed by atoms with Gasteiger partial charge in [0.2, 0.25) is 10.0 Å². The maximum absolute atomic E-state index is 13.8. The second kappa shape index (κ2) is 6.55.